The number of aromatic hydroxyl groups is 1. The van der Waals surface area contributed by atoms with E-state index in [1.54, 1.807) is 18.2 Å². The van der Waals surface area contributed by atoms with Gasteiger partial charge in [-0.3, -0.25) is 4.79 Å². The third kappa shape index (κ3) is 7.36. The Morgan fingerprint density at radius 3 is 2.76 bits per heavy atom. The molecule has 1 aliphatic rings. The molecule has 176 valence electrons. The van der Waals surface area contributed by atoms with Crippen LogP contribution in [0.15, 0.2) is 73.0 Å². The maximum Gasteiger partial charge on any atom is 0.342 e. The van der Waals surface area contributed by atoms with Crippen molar-refractivity contribution in [3.8, 4) is 17.6 Å². The molecule has 3 rings (SSSR count). The molecule has 6 heteroatoms. The third-order valence-electron chi connectivity index (χ3n) is 5.61. The highest BCUT2D eigenvalue weighted by atomic mass is 16.5. The highest BCUT2D eigenvalue weighted by Crippen LogP contribution is 2.26. The minimum atomic E-state index is -0.676. The van der Waals surface area contributed by atoms with Crippen molar-refractivity contribution in [1.82, 2.24) is 5.32 Å². The molecule has 0 aliphatic carbocycles. The van der Waals surface area contributed by atoms with Gasteiger partial charge in [-0.2, -0.15) is 0 Å². The number of ether oxygens (including phenoxy) is 1. The standard InChI is InChI=1S/C28H29NO5/c1-20-9-5-6-12-22-13-7-15-24(30)27(22)28(33)34-23(19-25(20)31)14-8-18-29-26(32)17-16-21-10-3-2-4-11-21/h2-8,10-11,13,15,18,20,23,25,30-31H,9,12,14,19H2,1H3,(H,29,32)/b6-5+,18-8+/t20-,23-,25+/m0/s1. The number of fused-ring (bicyclic) bond motifs is 1. The average Bonchev–Trinajstić information content (AvgIpc) is 2.82. The quantitative estimate of drug-likeness (QED) is 0.368. The number of aliphatic hydroxyl groups excluding tert-OH is 1. The predicted octanol–water partition coefficient (Wildman–Crippen LogP) is 3.88. The number of esters is 1. The summed E-state index contributed by atoms with van der Waals surface area (Å²) in [6.07, 6.45) is 7.39. The van der Waals surface area contributed by atoms with Gasteiger partial charge in [0.05, 0.1) is 6.10 Å². The molecule has 0 spiro atoms. The van der Waals surface area contributed by atoms with Gasteiger partial charge in [-0.1, -0.05) is 61.4 Å². The molecule has 0 unspecified atom stereocenters. The van der Waals surface area contributed by atoms with Crippen LogP contribution >= 0.6 is 0 Å². The van der Waals surface area contributed by atoms with E-state index in [2.05, 4.69) is 17.2 Å². The highest BCUT2D eigenvalue weighted by Gasteiger charge is 2.25. The van der Waals surface area contributed by atoms with E-state index in [1.165, 1.54) is 12.3 Å². The number of carbonyl (C=O) groups excluding carboxylic acids is 2. The van der Waals surface area contributed by atoms with Crippen LogP contribution in [0.1, 0.15) is 47.7 Å². The normalized spacial score (nSPS) is 21.7. The number of phenolic OH excluding ortho intramolecular Hbond substituents is 1. The van der Waals surface area contributed by atoms with Crippen molar-refractivity contribution < 1.29 is 24.5 Å². The molecule has 1 aliphatic heterocycles. The Hall–Kier alpha value is -3.82. The smallest absolute Gasteiger partial charge is 0.342 e. The number of rotatable bonds is 3. The lowest BCUT2D eigenvalue weighted by Crippen LogP contribution is -2.28. The van der Waals surface area contributed by atoms with Gasteiger partial charge in [0.2, 0.25) is 0 Å². The first kappa shape index (κ1) is 24.8. The van der Waals surface area contributed by atoms with E-state index in [1.807, 2.05) is 49.4 Å². The van der Waals surface area contributed by atoms with Crippen LogP contribution < -0.4 is 5.32 Å². The number of carbonyl (C=O) groups is 2. The van der Waals surface area contributed by atoms with Gasteiger partial charge in [-0.05, 0) is 42.5 Å². The van der Waals surface area contributed by atoms with Crippen molar-refractivity contribution in [3.05, 3.63) is 89.6 Å². The van der Waals surface area contributed by atoms with Crippen molar-refractivity contribution in [2.45, 2.75) is 44.8 Å². The summed E-state index contributed by atoms with van der Waals surface area (Å²) in [6, 6.07) is 14.1. The Labute approximate surface area is 200 Å². The molecule has 34 heavy (non-hydrogen) atoms. The second-order valence-electron chi connectivity index (χ2n) is 8.26. The molecular formula is C28H29NO5. The Kier molecular flexibility index (Phi) is 9.07. The number of aliphatic hydroxyl groups is 1. The summed E-state index contributed by atoms with van der Waals surface area (Å²) in [7, 11) is 0. The topological polar surface area (TPSA) is 95.9 Å². The van der Waals surface area contributed by atoms with Gasteiger partial charge in [-0.15, -0.1) is 0 Å². The fourth-order valence-electron chi connectivity index (χ4n) is 3.62. The zero-order chi connectivity index (χ0) is 24.3. The molecular weight excluding hydrogens is 430 g/mol. The van der Waals surface area contributed by atoms with E-state index < -0.39 is 24.1 Å². The zero-order valence-electron chi connectivity index (χ0n) is 19.1. The lowest BCUT2D eigenvalue weighted by Gasteiger charge is -2.24. The van der Waals surface area contributed by atoms with Crippen LogP contribution in [-0.2, 0) is 16.0 Å². The summed E-state index contributed by atoms with van der Waals surface area (Å²) in [5, 5.41) is 23.4. The average molecular weight is 460 g/mol. The van der Waals surface area contributed by atoms with Gasteiger partial charge < -0.3 is 20.3 Å². The van der Waals surface area contributed by atoms with Crippen molar-refractivity contribution in [3.63, 3.8) is 0 Å². The number of cyclic esters (lactones) is 1. The molecule has 0 fully saturated rings. The monoisotopic (exact) mass is 459 g/mol. The number of amides is 1. The zero-order valence-corrected chi connectivity index (χ0v) is 19.1. The predicted molar refractivity (Wildman–Crippen MR) is 130 cm³/mol. The van der Waals surface area contributed by atoms with E-state index in [4.69, 9.17) is 4.74 Å². The summed E-state index contributed by atoms with van der Waals surface area (Å²) in [5.74, 6) is 4.03. The molecule has 1 amide bonds. The van der Waals surface area contributed by atoms with Crippen molar-refractivity contribution in [1.29, 1.82) is 0 Å². The Morgan fingerprint density at radius 2 is 1.97 bits per heavy atom. The minimum absolute atomic E-state index is 0.0162. The highest BCUT2D eigenvalue weighted by molar-refractivity contribution is 5.95. The van der Waals surface area contributed by atoms with E-state index in [-0.39, 0.29) is 30.1 Å². The lowest BCUT2D eigenvalue weighted by atomic mass is 9.93. The molecule has 6 nitrogen and oxygen atoms in total. The second-order valence-corrected chi connectivity index (χ2v) is 8.26. The molecule has 3 N–H and O–H groups in total. The molecule has 2 aromatic rings. The van der Waals surface area contributed by atoms with Crippen LogP contribution in [0.4, 0.5) is 0 Å². The van der Waals surface area contributed by atoms with Gasteiger partial charge in [-0.25, -0.2) is 4.79 Å². The van der Waals surface area contributed by atoms with Gasteiger partial charge in [0.25, 0.3) is 5.91 Å². The molecule has 1 heterocycles. The number of benzene rings is 2. The van der Waals surface area contributed by atoms with Crippen LogP contribution in [0.2, 0.25) is 0 Å². The largest absolute Gasteiger partial charge is 0.507 e. The van der Waals surface area contributed by atoms with E-state index in [9.17, 15) is 19.8 Å². The fourth-order valence-corrected chi connectivity index (χ4v) is 3.62. The van der Waals surface area contributed by atoms with E-state index in [0.29, 0.717) is 18.4 Å². The maximum absolute atomic E-state index is 12.9. The Bertz CT molecular complexity index is 1110. The Morgan fingerprint density at radius 1 is 1.18 bits per heavy atom. The SMILES string of the molecule is C[C@H]1C/C=C/Cc2cccc(O)c2C(=O)O[C@@H](C/C=C/NC(=O)C#Cc2ccccc2)C[C@H]1O. The van der Waals surface area contributed by atoms with Crippen LogP contribution in [0.25, 0.3) is 0 Å². The fraction of sp³-hybridized carbons (Fsp3) is 0.286. The summed E-state index contributed by atoms with van der Waals surface area (Å²) in [6.45, 7) is 1.95. The minimum Gasteiger partial charge on any atom is -0.507 e. The van der Waals surface area contributed by atoms with E-state index >= 15 is 0 Å². The number of nitrogens with one attached hydrogen (secondary N) is 1. The summed E-state index contributed by atoms with van der Waals surface area (Å²) >= 11 is 0. The molecule has 0 saturated carbocycles. The first-order valence-corrected chi connectivity index (χ1v) is 11.3. The Balaban J connectivity index is 1.68. The van der Waals surface area contributed by atoms with Crippen molar-refractivity contribution in [2.75, 3.05) is 0 Å². The second kappa shape index (κ2) is 12.4. The summed E-state index contributed by atoms with van der Waals surface area (Å²) < 4.78 is 5.69. The van der Waals surface area contributed by atoms with E-state index in [0.717, 1.165) is 5.56 Å². The number of allylic oxidation sites excluding steroid dienone is 2. The van der Waals surface area contributed by atoms with Gasteiger partial charge in [0.15, 0.2) is 0 Å². The van der Waals surface area contributed by atoms with Crippen LogP contribution in [-0.4, -0.2) is 34.3 Å². The van der Waals surface area contributed by atoms with Gasteiger partial charge >= 0.3 is 5.97 Å². The van der Waals surface area contributed by atoms with Gasteiger partial charge in [0, 0.05) is 30.5 Å². The maximum atomic E-state index is 12.9. The number of phenols is 1. The van der Waals surface area contributed by atoms with Gasteiger partial charge in [0.1, 0.15) is 17.4 Å². The van der Waals surface area contributed by atoms with Crippen molar-refractivity contribution in [2.24, 2.45) is 5.92 Å². The molecule has 3 atom stereocenters. The van der Waals surface area contributed by atoms with Crippen LogP contribution in [0.3, 0.4) is 0 Å². The summed E-state index contributed by atoms with van der Waals surface area (Å²) in [5.41, 5.74) is 1.55. The number of hydrogen-bond acceptors (Lipinski definition) is 5. The van der Waals surface area contributed by atoms with Crippen LogP contribution in [0.5, 0.6) is 5.75 Å². The number of hydrogen-bond donors (Lipinski definition) is 3. The first-order valence-electron chi connectivity index (χ1n) is 11.3. The molecule has 0 saturated heterocycles. The molecule has 0 bridgehead atoms. The van der Waals surface area contributed by atoms with Crippen molar-refractivity contribution >= 4 is 11.9 Å². The lowest BCUT2D eigenvalue weighted by molar-refractivity contribution is -0.114. The molecule has 0 aromatic heterocycles. The summed E-state index contributed by atoms with van der Waals surface area (Å²) in [4.78, 5) is 24.9. The third-order valence-corrected chi connectivity index (χ3v) is 5.61. The first-order chi connectivity index (χ1) is 16.4. The van der Waals surface area contributed by atoms with Crippen LogP contribution in [0, 0.1) is 17.8 Å². The molecule has 0 radical (unpaired) electrons. The molecule has 2 aromatic carbocycles.